The first-order valence-electron chi connectivity index (χ1n) is 5.69. The van der Waals surface area contributed by atoms with Gasteiger partial charge in [0, 0.05) is 31.3 Å². The van der Waals surface area contributed by atoms with Crippen molar-refractivity contribution in [3.63, 3.8) is 0 Å². The summed E-state index contributed by atoms with van der Waals surface area (Å²) in [4.78, 5) is 0. The van der Waals surface area contributed by atoms with Crippen molar-refractivity contribution < 1.29 is 4.52 Å². The molecule has 2 aromatic heterocycles. The average Bonchev–Trinajstić information content (AvgIpc) is 2.97. The van der Waals surface area contributed by atoms with Crippen molar-refractivity contribution in [2.75, 3.05) is 5.75 Å². The standard InChI is InChI=1S/C12H14N4OS/c1-16-8-10(7-14-16)12-6-11(17-15-12)9-18-5-3-2-4-13/h6-8H,2-3,5,9H2,1H3. The minimum absolute atomic E-state index is 0.615. The molecule has 0 amide bonds. The lowest BCUT2D eigenvalue weighted by atomic mass is 10.2. The van der Waals surface area contributed by atoms with E-state index in [9.17, 15) is 0 Å². The number of nitrogens with zero attached hydrogens (tertiary/aromatic N) is 4. The molecule has 0 aliphatic heterocycles. The number of thioether (sulfide) groups is 1. The summed E-state index contributed by atoms with van der Waals surface area (Å²) in [6.45, 7) is 0. The molecular weight excluding hydrogens is 248 g/mol. The van der Waals surface area contributed by atoms with Gasteiger partial charge in [0.1, 0.15) is 11.5 Å². The molecule has 0 N–H and O–H groups in total. The van der Waals surface area contributed by atoms with E-state index in [2.05, 4.69) is 16.3 Å². The molecule has 0 atom stereocenters. The zero-order chi connectivity index (χ0) is 12.8. The van der Waals surface area contributed by atoms with Gasteiger partial charge in [0.2, 0.25) is 0 Å². The zero-order valence-electron chi connectivity index (χ0n) is 10.2. The van der Waals surface area contributed by atoms with Gasteiger partial charge in [0.15, 0.2) is 0 Å². The Balaban J connectivity index is 1.85. The normalized spacial score (nSPS) is 10.4. The summed E-state index contributed by atoms with van der Waals surface area (Å²) in [5, 5.41) is 16.5. The van der Waals surface area contributed by atoms with Gasteiger partial charge >= 0.3 is 0 Å². The van der Waals surface area contributed by atoms with E-state index in [1.54, 1.807) is 22.6 Å². The number of nitriles is 1. The molecule has 0 saturated heterocycles. The minimum atomic E-state index is 0.615. The van der Waals surface area contributed by atoms with Crippen LogP contribution in [0.25, 0.3) is 11.3 Å². The van der Waals surface area contributed by atoms with E-state index in [0.29, 0.717) is 6.42 Å². The highest BCUT2D eigenvalue weighted by Gasteiger charge is 2.07. The number of rotatable bonds is 6. The monoisotopic (exact) mass is 262 g/mol. The van der Waals surface area contributed by atoms with Crippen LogP contribution in [0.3, 0.4) is 0 Å². The molecule has 18 heavy (non-hydrogen) atoms. The predicted molar refractivity (Wildman–Crippen MR) is 69.7 cm³/mol. The fourth-order valence-electron chi connectivity index (χ4n) is 1.50. The van der Waals surface area contributed by atoms with E-state index in [1.807, 2.05) is 19.3 Å². The van der Waals surface area contributed by atoms with Gasteiger partial charge in [0.05, 0.1) is 18.0 Å². The fourth-order valence-corrected chi connectivity index (χ4v) is 2.33. The SMILES string of the molecule is Cn1cc(-c2cc(CSCCCC#N)on2)cn1. The Hall–Kier alpha value is -1.74. The van der Waals surface area contributed by atoms with Gasteiger partial charge in [0.25, 0.3) is 0 Å². The third-order valence-corrected chi connectivity index (χ3v) is 3.45. The van der Waals surface area contributed by atoms with Crippen molar-refractivity contribution in [2.24, 2.45) is 7.05 Å². The molecule has 0 unspecified atom stereocenters. The Morgan fingerprint density at radius 1 is 1.56 bits per heavy atom. The van der Waals surface area contributed by atoms with E-state index in [1.165, 1.54) is 0 Å². The van der Waals surface area contributed by atoms with Gasteiger partial charge in [-0.15, -0.1) is 0 Å². The second-order valence-electron chi connectivity index (χ2n) is 3.90. The Morgan fingerprint density at radius 2 is 2.44 bits per heavy atom. The van der Waals surface area contributed by atoms with E-state index in [4.69, 9.17) is 9.78 Å². The van der Waals surface area contributed by atoms with Gasteiger partial charge < -0.3 is 4.52 Å². The Kier molecular flexibility index (Phi) is 4.42. The van der Waals surface area contributed by atoms with Gasteiger partial charge in [-0.1, -0.05) is 5.16 Å². The number of aryl methyl sites for hydroxylation is 1. The lowest BCUT2D eigenvalue weighted by molar-refractivity contribution is 0.397. The average molecular weight is 262 g/mol. The van der Waals surface area contributed by atoms with E-state index < -0.39 is 0 Å². The van der Waals surface area contributed by atoms with Crippen LogP contribution >= 0.6 is 11.8 Å². The second-order valence-corrected chi connectivity index (χ2v) is 5.00. The molecule has 0 spiro atoms. The Labute approximate surface area is 110 Å². The summed E-state index contributed by atoms with van der Waals surface area (Å²) in [7, 11) is 1.87. The van der Waals surface area contributed by atoms with Crippen LogP contribution in [0, 0.1) is 11.3 Å². The van der Waals surface area contributed by atoms with Crippen LogP contribution in [0.5, 0.6) is 0 Å². The van der Waals surface area contributed by atoms with Crippen LogP contribution in [0.2, 0.25) is 0 Å². The zero-order valence-corrected chi connectivity index (χ0v) is 11.0. The number of hydrogen-bond donors (Lipinski definition) is 0. The molecule has 0 aliphatic carbocycles. The third kappa shape index (κ3) is 3.37. The highest BCUT2D eigenvalue weighted by molar-refractivity contribution is 7.98. The molecule has 6 heteroatoms. The fraction of sp³-hybridized carbons (Fsp3) is 0.417. The summed E-state index contributed by atoms with van der Waals surface area (Å²) in [5.41, 5.74) is 1.78. The minimum Gasteiger partial charge on any atom is -0.360 e. The maximum atomic E-state index is 8.42. The van der Waals surface area contributed by atoms with Crippen molar-refractivity contribution in [1.29, 1.82) is 5.26 Å². The van der Waals surface area contributed by atoms with Crippen LogP contribution < -0.4 is 0 Å². The lowest BCUT2D eigenvalue weighted by Crippen LogP contribution is -1.84. The van der Waals surface area contributed by atoms with Crippen molar-refractivity contribution in [2.45, 2.75) is 18.6 Å². The highest BCUT2D eigenvalue weighted by atomic mass is 32.2. The van der Waals surface area contributed by atoms with E-state index >= 15 is 0 Å². The number of aromatic nitrogens is 3. The van der Waals surface area contributed by atoms with E-state index in [0.717, 1.165) is 34.9 Å². The molecule has 0 bridgehead atoms. The van der Waals surface area contributed by atoms with Crippen molar-refractivity contribution in [3.05, 3.63) is 24.2 Å². The molecular formula is C12H14N4OS. The lowest BCUT2D eigenvalue weighted by Gasteiger charge is -1.94. The molecule has 2 heterocycles. The van der Waals surface area contributed by atoms with Gasteiger partial charge in [-0.2, -0.15) is 22.1 Å². The molecule has 2 rings (SSSR count). The summed E-state index contributed by atoms with van der Waals surface area (Å²) in [6, 6.07) is 4.07. The van der Waals surface area contributed by atoms with Crippen molar-refractivity contribution in [1.82, 2.24) is 14.9 Å². The van der Waals surface area contributed by atoms with Crippen LogP contribution in [0.1, 0.15) is 18.6 Å². The third-order valence-electron chi connectivity index (χ3n) is 2.38. The molecule has 0 aromatic carbocycles. The van der Waals surface area contributed by atoms with Crippen LogP contribution in [0.4, 0.5) is 0 Å². The van der Waals surface area contributed by atoms with Crippen molar-refractivity contribution >= 4 is 11.8 Å². The quantitative estimate of drug-likeness (QED) is 0.748. The molecule has 0 saturated carbocycles. The largest absolute Gasteiger partial charge is 0.360 e. The number of unbranched alkanes of at least 4 members (excludes halogenated alkanes) is 1. The number of hydrogen-bond acceptors (Lipinski definition) is 5. The first-order valence-corrected chi connectivity index (χ1v) is 6.84. The molecule has 0 aliphatic rings. The van der Waals surface area contributed by atoms with Gasteiger partial charge in [-0.25, -0.2) is 0 Å². The molecule has 2 aromatic rings. The van der Waals surface area contributed by atoms with Crippen LogP contribution in [0.15, 0.2) is 23.0 Å². The molecule has 0 fully saturated rings. The summed E-state index contributed by atoms with van der Waals surface area (Å²) < 4.78 is 7.00. The maximum Gasteiger partial charge on any atom is 0.147 e. The predicted octanol–water partition coefficient (Wildman–Crippen LogP) is 2.61. The van der Waals surface area contributed by atoms with Crippen LogP contribution in [-0.4, -0.2) is 20.7 Å². The summed E-state index contributed by atoms with van der Waals surface area (Å²) >= 11 is 1.75. The summed E-state index contributed by atoms with van der Waals surface area (Å²) in [5.74, 6) is 2.62. The Bertz CT molecular complexity index is 540. The van der Waals surface area contributed by atoms with Gasteiger partial charge in [-0.3, -0.25) is 4.68 Å². The first-order chi connectivity index (χ1) is 8.79. The van der Waals surface area contributed by atoms with Crippen LogP contribution in [-0.2, 0) is 12.8 Å². The smallest absolute Gasteiger partial charge is 0.147 e. The summed E-state index contributed by atoms with van der Waals surface area (Å²) in [6.07, 6.45) is 5.21. The molecule has 0 radical (unpaired) electrons. The van der Waals surface area contributed by atoms with Gasteiger partial charge in [-0.05, 0) is 12.2 Å². The van der Waals surface area contributed by atoms with Crippen molar-refractivity contribution in [3.8, 4) is 17.3 Å². The highest BCUT2D eigenvalue weighted by Crippen LogP contribution is 2.21. The first kappa shape index (κ1) is 12.7. The molecule has 94 valence electrons. The maximum absolute atomic E-state index is 8.42. The topological polar surface area (TPSA) is 67.6 Å². The Morgan fingerprint density at radius 3 is 3.17 bits per heavy atom. The second kappa shape index (κ2) is 6.26. The van der Waals surface area contributed by atoms with E-state index in [-0.39, 0.29) is 0 Å². The molecule has 5 nitrogen and oxygen atoms in total.